The SMILES string of the molecule is NC1(COc2cncc(-c3cc(N[C@H]4CC[C@H](N5CCCOCC5)CC4)ncc3Cl)n2)CCOCC1. The lowest BCUT2D eigenvalue weighted by Crippen LogP contribution is -2.49. The summed E-state index contributed by atoms with van der Waals surface area (Å²) in [6, 6.07) is 3.01. The van der Waals surface area contributed by atoms with Crippen molar-refractivity contribution in [2.24, 2.45) is 5.73 Å². The summed E-state index contributed by atoms with van der Waals surface area (Å²) in [6.45, 7) is 5.63. The van der Waals surface area contributed by atoms with Crippen LogP contribution in [0, 0.1) is 0 Å². The number of rotatable bonds is 7. The molecule has 3 fully saturated rings. The summed E-state index contributed by atoms with van der Waals surface area (Å²) in [5, 5.41) is 4.15. The summed E-state index contributed by atoms with van der Waals surface area (Å²) in [7, 11) is 0. The monoisotopic (exact) mass is 516 g/mol. The van der Waals surface area contributed by atoms with Crippen molar-refractivity contribution in [3.63, 3.8) is 0 Å². The van der Waals surface area contributed by atoms with Crippen molar-refractivity contribution in [3.8, 4) is 17.1 Å². The molecule has 0 bridgehead atoms. The number of nitrogens with one attached hydrogen (secondary N) is 1. The van der Waals surface area contributed by atoms with E-state index >= 15 is 0 Å². The molecule has 196 valence electrons. The second kappa shape index (κ2) is 12.0. The average molecular weight is 517 g/mol. The Morgan fingerprint density at radius 1 is 1.06 bits per heavy atom. The number of aromatic nitrogens is 3. The Bertz CT molecular complexity index is 989. The van der Waals surface area contributed by atoms with E-state index in [-0.39, 0.29) is 0 Å². The van der Waals surface area contributed by atoms with Gasteiger partial charge in [-0.3, -0.25) is 9.88 Å². The van der Waals surface area contributed by atoms with Gasteiger partial charge < -0.3 is 25.3 Å². The number of anilines is 1. The van der Waals surface area contributed by atoms with Crippen LogP contribution in [-0.2, 0) is 9.47 Å². The normalized spacial score (nSPS) is 25.2. The summed E-state index contributed by atoms with van der Waals surface area (Å²) in [4.78, 5) is 16.1. The molecule has 2 aliphatic heterocycles. The van der Waals surface area contributed by atoms with E-state index in [0.29, 0.717) is 48.5 Å². The molecule has 0 aromatic carbocycles. The van der Waals surface area contributed by atoms with Crippen LogP contribution < -0.4 is 15.8 Å². The number of ether oxygens (including phenoxy) is 3. The molecule has 2 saturated heterocycles. The molecule has 0 atom stereocenters. The van der Waals surface area contributed by atoms with Crippen LogP contribution in [0.1, 0.15) is 44.9 Å². The van der Waals surface area contributed by atoms with Gasteiger partial charge in [-0.1, -0.05) is 11.6 Å². The molecule has 4 heterocycles. The van der Waals surface area contributed by atoms with Crippen molar-refractivity contribution >= 4 is 17.4 Å². The Kier molecular flexibility index (Phi) is 8.54. The fourth-order valence-electron chi connectivity index (χ4n) is 5.33. The third kappa shape index (κ3) is 6.63. The van der Waals surface area contributed by atoms with Crippen molar-refractivity contribution < 1.29 is 14.2 Å². The predicted molar refractivity (Wildman–Crippen MR) is 139 cm³/mol. The van der Waals surface area contributed by atoms with E-state index in [1.165, 1.54) is 12.8 Å². The Hall–Kier alpha value is -2.04. The van der Waals surface area contributed by atoms with E-state index in [2.05, 4.69) is 25.2 Å². The predicted octanol–water partition coefficient (Wildman–Crippen LogP) is 3.52. The van der Waals surface area contributed by atoms with E-state index in [1.807, 2.05) is 6.07 Å². The molecule has 0 amide bonds. The Morgan fingerprint density at radius 2 is 1.86 bits per heavy atom. The zero-order chi connectivity index (χ0) is 24.8. The molecule has 0 unspecified atom stereocenters. The minimum absolute atomic E-state index is 0.374. The molecule has 9 nitrogen and oxygen atoms in total. The van der Waals surface area contributed by atoms with Crippen LogP contribution in [0.25, 0.3) is 11.3 Å². The van der Waals surface area contributed by atoms with Gasteiger partial charge in [0.05, 0.1) is 35.3 Å². The first-order chi connectivity index (χ1) is 17.6. The third-order valence-corrected chi connectivity index (χ3v) is 7.86. The smallest absolute Gasteiger partial charge is 0.232 e. The lowest BCUT2D eigenvalue weighted by atomic mass is 9.90. The maximum Gasteiger partial charge on any atom is 0.232 e. The van der Waals surface area contributed by atoms with Gasteiger partial charge in [-0.15, -0.1) is 0 Å². The molecule has 36 heavy (non-hydrogen) atoms. The van der Waals surface area contributed by atoms with E-state index in [4.69, 9.17) is 31.5 Å². The molecule has 5 rings (SSSR count). The van der Waals surface area contributed by atoms with Gasteiger partial charge in [0.15, 0.2) is 0 Å². The van der Waals surface area contributed by atoms with Crippen LogP contribution in [0.5, 0.6) is 5.88 Å². The van der Waals surface area contributed by atoms with E-state index < -0.39 is 5.54 Å². The molecular weight excluding hydrogens is 480 g/mol. The van der Waals surface area contributed by atoms with Gasteiger partial charge in [0.1, 0.15) is 12.4 Å². The second-order valence-electron chi connectivity index (χ2n) is 10.2. The van der Waals surface area contributed by atoms with Crippen molar-refractivity contribution in [2.75, 3.05) is 51.4 Å². The fraction of sp³-hybridized carbons (Fsp3) is 0.654. The average Bonchev–Trinajstić information content (AvgIpc) is 3.20. The summed E-state index contributed by atoms with van der Waals surface area (Å²) in [5.41, 5.74) is 7.47. The highest BCUT2D eigenvalue weighted by molar-refractivity contribution is 6.33. The number of hydrogen-bond donors (Lipinski definition) is 2. The molecule has 0 spiro atoms. The summed E-state index contributed by atoms with van der Waals surface area (Å²) in [6.07, 6.45) is 12.3. The minimum atomic E-state index is -0.401. The van der Waals surface area contributed by atoms with Crippen LogP contribution in [-0.4, -0.2) is 83.6 Å². The number of nitrogens with zero attached hydrogens (tertiary/aromatic N) is 4. The van der Waals surface area contributed by atoms with E-state index in [1.54, 1.807) is 18.6 Å². The van der Waals surface area contributed by atoms with E-state index in [0.717, 1.165) is 69.8 Å². The van der Waals surface area contributed by atoms with Gasteiger partial charge >= 0.3 is 0 Å². The molecule has 10 heteroatoms. The van der Waals surface area contributed by atoms with Crippen LogP contribution in [0.2, 0.25) is 5.02 Å². The number of pyridine rings is 1. The topological polar surface area (TPSA) is 108 Å². The first-order valence-corrected chi connectivity index (χ1v) is 13.5. The molecule has 2 aromatic heterocycles. The first kappa shape index (κ1) is 25.6. The summed E-state index contributed by atoms with van der Waals surface area (Å²) < 4.78 is 17.0. The van der Waals surface area contributed by atoms with Crippen LogP contribution >= 0.6 is 11.6 Å². The van der Waals surface area contributed by atoms with Crippen molar-refractivity contribution in [1.82, 2.24) is 19.9 Å². The highest BCUT2D eigenvalue weighted by Gasteiger charge is 2.29. The Morgan fingerprint density at radius 3 is 2.69 bits per heavy atom. The zero-order valence-electron chi connectivity index (χ0n) is 20.8. The molecule has 3 N–H and O–H groups in total. The maximum atomic E-state index is 6.52. The van der Waals surface area contributed by atoms with Crippen molar-refractivity contribution in [3.05, 3.63) is 29.7 Å². The maximum absolute atomic E-state index is 6.52. The molecule has 3 aliphatic rings. The van der Waals surface area contributed by atoms with Gasteiger partial charge in [-0.05, 0) is 51.0 Å². The number of nitrogens with two attached hydrogens (primary N) is 1. The Balaban J connectivity index is 1.19. The molecular formula is C26H37ClN6O3. The van der Waals surface area contributed by atoms with Crippen molar-refractivity contribution in [2.45, 2.75) is 62.6 Å². The zero-order valence-corrected chi connectivity index (χ0v) is 21.6. The van der Waals surface area contributed by atoms with Gasteiger partial charge in [0.2, 0.25) is 5.88 Å². The third-order valence-electron chi connectivity index (χ3n) is 7.56. The van der Waals surface area contributed by atoms with Gasteiger partial charge in [0.25, 0.3) is 0 Å². The lowest BCUT2D eigenvalue weighted by molar-refractivity contribution is 0.0335. The molecule has 1 aliphatic carbocycles. The highest BCUT2D eigenvalue weighted by Crippen LogP contribution is 2.31. The number of hydrogen-bond acceptors (Lipinski definition) is 9. The van der Waals surface area contributed by atoms with Crippen LogP contribution in [0.15, 0.2) is 24.7 Å². The molecule has 0 radical (unpaired) electrons. The van der Waals surface area contributed by atoms with E-state index in [9.17, 15) is 0 Å². The standard InChI is InChI=1S/C26H37ClN6O3/c27-22-15-30-24(31-19-2-4-20(5-3-19)33-8-1-10-34-13-9-33)14-21(22)23-16-29-17-25(32-23)36-18-26(28)6-11-35-12-7-26/h14-17,19-20H,1-13,18,28H2,(H,30,31)/t19-,20-. The largest absolute Gasteiger partial charge is 0.475 e. The number of halogens is 1. The first-order valence-electron chi connectivity index (χ1n) is 13.1. The van der Waals surface area contributed by atoms with Gasteiger partial charge in [-0.2, -0.15) is 0 Å². The quantitative estimate of drug-likeness (QED) is 0.571. The van der Waals surface area contributed by atoms with Crippen molar-refractivity contribution in [1.29, 1.82) is 0 Å². The minimum Gasteiger partial charge on any atom is -0.475 e. The van der Waals surface area contributed by atoms with Crippen LogP contribution in [0.3, 0.4) is 0 Å². The lowest BCUT2D eigenvalue weighted by Gasteiger charge is -2.36. The second-order valence-corrected chi connectivity index (χ2v) is 10.6. The van der Waals surface area contributed by atoms with Gasteiger partial charge in [-0.25, -0.2) is 9.97 Å². The Labute approximate surface area is 218 Å². The highest BCUT2D eigenvalue weighted by atomic mass is 35.5. The molecule has 2 aromatic rings. The fourth-order valence-corrected chi connectivity index (χ4v) is 5.53. The van der Waals surface area contributed by atoms with Crippen LogP contribution in [0.4, 0.5) is 5.82 Å². The summed E-state index contributed by atoms with van der Waals surface area (Å²) >= 11 is 6.52. The summed E-state index contributed by atoms with van der Waals surface area (Å²) in [5.74, 6) is 1.24. The molecule has 1 saturated carbocycles. The van der Waals surface area contributed by atoms with Gasteiger partial charge in [0, 0.05) is 56.8 Å².